The summed E-state index contributed by atoms with van der Waals surface area (Å²) in [6, 6.07) is 16.4. The van der Waals surface area contributed by atoms with E-state index in [9.17, 15) is 18.3 Å². The monoisotopic (exact) mass is 334 g/mol. The fourth-order valence-electron chi connectivity index (χ4n) is 2.13. The number of amides is 1. The minimum atomic E-state index is -3.66. The molecule has 0 radical (unpaired) electrons. The molecule has 0 aliphatic carbocycles. The smallest absolute Gasteiger partial charge is 0.248 e. The maximum atomic E-state index is 11.9. The Morgan fingerprint density at radius 1 is 1.09 bits per heavy atom. The molecule has 0 saturated carbocycles. The first-order valence-corrected chi connectivity index (χ1v) is 8.74. The predicted molar refractivity (Wildman–Crippen MR) is 89.3 cm³/mol. The molecule has 1 atom stereocenters. The number of nitrogens with zero attached hydrogens (tertiary/aromatic N) is 1. The molecule has 3 N–H and O–H groups in total. The second-order valence-corrected chi connectivity index (χ2v) is 7.03. The van der Waals surface area contributed by atoms with Crippen molar-refractivity contribution in [3.8, 4) is 11.1 Å². The van der Waals surface area contributed by atoms with Gasteiger partial charge in [0.2, 0.25) is 15.9 Å². The Balaban J connectivity index is 2.31. The van der Waals surface area contributed by atoms with E-state index in [1.165, 1.54) is 0 Å². The molecule has 122 valence electrons. The second-order valence-electron chi connectivity index (χ2n) is 5.13. The average molecular weight is 334 g/mol. The number of primary amides is 1. The van der Waals surface area contributed by atoms with Crippen LogP contribution in [-0.4, -0.2) is 38.3 Å². The van der Waals surface area contributed by atoms with Gasteiger partial charge in [0.05, 0.1) is 18.5 Å². The average Bonchev–Trinajstić information content (AvgIpc) is 2.52. The number of aliphatic hydroxyl groups excluding tert-OH is 1. The minimum absolute atomic E-state index is 0.354. The van der Waals surface area contributed by atoms with Gasteiger partial charge in [0, 0.05) is 0 Å². The Morgan fingerprint density at radius 3 is 2.09 bits per heavy atom. The summed E-state index contributed by atoms with van der Waals surface area (Å²) in [5.74, 6) is -0.973. The van der Waals surface area contributed by atoms with Gasteiger partial charge in [-0.2, -0.15) is 0 Å². The van der Waals surface area contributed by atoms with Crippen LogP contribution in [0, 0.1) is 0 Å². The third kappa shape index (κ3) is 4.30. The lowest BCUT2D eigenvalue weighted by Gasteiger charge is -2.24. The Hall–Kier alpha value is -2.38. The Labute approximate surface area is 135 Å². The van der Waals surface area contributed by atoms with Crippen molar-refractivity contribution in [1.29, 1.82) is 0 Å². The molecule has 0 fully saturated rings. The van der Waals surface area contributed by atoms with Gasteiger partial charge in [0.1, 0.15) is 0 Å². The van der Waals surface area contributed by atoms with E-state index in [-0.39, 0.29) is 0 Å². The molecule has 2 aromatic rings. The lowest BCUT2D eigenvalue weighted by molar-refractivity contribution is -0.125. The van der Waals surface area contributed by atoms with Crippen molar-refractivity contribution in [3.63, 3.8) is 0 Å². The van der Waals surface area contributed by atoms with Crippen LogP contribution in [0.3, 0.4) is 0 Å². The number of benzene rings is 2. The van der Waals surface area contributed by atoms with Crippen LogP contribution in [0.15, 0.2) is 54.6 Å². The van der Waals surface area contributed by atoms with Gasteiger partial charge >= 0.3 is 0 Å². The van der Waals surface area contributed by atoms with Crippen LogP contribution in [-0.2, 0) is 14.8 Å². The predicted octanol–water partition coefficient (Wildman–Crippen LogP) is 0.966. The van der Waals surface area contributed by atoms with Gasteiger partial charge in [-0.1, -0.05) is 42.5 Å². The molecule has 2 aromatic carbocycles. The van der Waals surface area contributed by atoms with Crippen LogP contribution >= 0.6 is 0 Å². The summed E-state index contributed by atoms with van der Waals surface area (Å²) in [6.07, 6.45) is -0.565. The molecule has 0 spiro atoms. The quantitative estimate of drug-likeness (QED) is 0.822. The highest BCUT2D eigenvalue weighted by Crippen LogP contribution is 2.24. The standard InChI is InChI=1S/C16H18N2O4S/c1-23(21,22)18(11-15(19)16(17)20)14-9-7-13(8-10-14)12-5-3-2-4-6-12/h2-10,15,19H,11H2,1H3,(H2,17,20)/t15-/m1/s1. The third-order valence-electron chi connectivity index (χ3n) is 3.33. The van der Waals surface area contributed by atoms with Crippen LogP contribution in [0.2, 0.25) is 0 Å². The SMILES string of the molecule is CS(=O)(=O)N(C[C@@H](O)C(N)=O)c1ccc(-c2ccccc2)cc1. The number of nitrogens with two attached hydrogens (primary N) is 1. The van der Waals surface area contributed by atoms with Crippen molar-refractivity contribution in [1.82, 2.24) is 0 Å². The van der Waals surface area contributed by atoms with Crippen LogP contribution in [0.4, 0.5) is 5.69 Å². The van der Waals surface area contributed by atoms with Gasteiger partial charge in [-0.3, -0.25) is 9.10 Å². The normalized spacial score (nSPS) is 12.6. The molecule has 0 aliphatic rings. The summed E-state index contributed by atoms with van der Waals surface area (Å²) >= 11 is 0. The zero-order valence-corrected chi connectivity index (χ0v) is 13.4. The molecule has 2 rings (SSSR count). The largest absolute Gasteiger partial charge is 0.381 e. The van der Waals surface area contributed by atoms with Gasteiger partial charge in [-0.25, -0.2) is 8.42 Å². The highest BCUT2D eigenvalue weighted by Gasteiger charge is 2.23. The van der Waals surface area contributed by atoms with E-state index in [1.807, 2.05) is 30.3 Å². The molecule has 0 aromatic heterocycles. The molecule has 0 unspecified atom stereocenters. The van der Waals surface area contributed by atoms with E-state index < -0.39 is 28.6 Å². The summed E-state index contributed by atoms with van der Waals surface area (Å²) in [5, 5.41) is 9.57. The van der Waals surface area contributed by atoms with Crippen LogP contribution < -0.4 is 10.0 Å². The molecule has 0 heterocycles. The number of hydrogen-bond acceptors (Lipinski definition) is 4. The summed E-state index contributed by atoms with van der Waals surface area (Å²) in [4.78, 5) is 11.0. The highest BCUT2D eigenvalue weighted by atomic mass is 32.2. The van der Waals surface area contributed by atoms with E-state index in [1.54, 1.807) is 24.3 Å². The molecular formula is C16H18N2O4S. The number of carbonyl (C=O) groups excluding carboxylic acids is 1. The van der Waals surface area contributed by atoms with E-state index >= 15 is 0 Å². The van der Waals surface area contributed by atoms with Crippen molar-refractivity contribution in [3.05, 3.63) is 54.6 Å². The molecule has 0 saturated heterocycles. The number of rotatable bonds is 6. The van der Waals surface area contributed by atoms with Gasteiger partial charge < -0.3 is 10.8 Å². The first kappa shape index (κ1) is 17.0. The summed E-state index contributed by atoms with van der Waals surface area (Å²) in [7, 11) is -3.66. The maximum Gasteiger partial charge on any atom is 0.248 e. The first-order valence-electron chi connectivity index (χ1n) is 6.89. The van der Waals surface area contributed by atoms with Gasteiger partial charge in [0.25, 0.3) is 0 Å². The third-order valence-corrected chi connectivity index (χ3v) is 4.49. The zero-order valence-electron chi connectivity index (χ0n) is 12.6. The van der Waals surface area contributed by atoms with Crippen molar-refractivity contribution < 1.29 is 18.3 Å². The summed E-state index contributed by atoms with van der Waals surface area (Å²) in [6.45, 7) is -0.418. The number of hydrogen-bond donors (Lipinski definition) is 2. The van der Waals surface area contributed by atoms with E-state index in [4.69, 9.17) is 5.73 Å². The molecule has 1 amide bonds. The highest BCUT2D eigenvalue weighted by molar-refractivity contribution is 7.92. The Kier molecular flexibility index (Phi) is 5.02. The molecular weight excluding hydrogens is 316 g/mol. The summed E-state index contributed by atoms with van der Waals surface area (Å²) in [5.41, 5.74) is 7.28. The van der Waals surface area contributed by atoms with Gasteiger partial charge in [0.15, 0.2) is 6.10 Å². The fourth-order valence-corrected chi connectivity index (χ4v) is 3.05. The Bertz CT molecular complexity index is 773. The van der Waals surface area contributed by atoms with Crippen molar-refractivity contribution in [2.45, 2.75) is 6.10 Å². The van der Waals surface area contributed by atoms with Crippen LogP contribution in [0.25, 0.3) is 11.1 Å². The Morgan fingerprint density at radius 2 is 1.61 bits per heavy atom. The number of carbonyl (C=O) groups is 1. The maximum absolute atomic E-state index is 11.9. The molecule has 0 bridgehead atoms. The van der Waals surface area contributed by atoms with Gasteiger partial charge in [-0.05, 0) is 23.3 Å². The van der Waals surface area contributed by atoms with Crippen LogP contribution in [0.5, 0.6) is 0 Å². The van der Waals surface area contributed by atoms with E-state index in [2.05, 4.69) is 0 Å². The topological polar surface area (TPSA) is 101 Å². The van der Waals surface area contributed by atoms with Crippen molar-refractivity contribution in [2.75, 3.05) is 17.1 Å². The minimum Gasteiger partial charge on any atom is -0.381 e. The van der Waals surface area contributed by atoms with E-state index in [0.717, 1.165) is 21.7 Å². The molecule has 0 aliphatic heterocycles. The van der Waals surface area contributed by atoms with Crippen molar-refractivity contribution >= 4 is 21.6 Å². The zero-order chi connectivity index (χ0) is 17.0. The molecule has 6 nitrogen and oxygen atoms in total. The summed E-state index contributed by atoms with van der Waals surface area (Å²) < 4.78 is 24.8. The number of anilines is 1. The first-order chi connectivity index (χ1) is 10.8. The van der Waals surface area contributed by atoms with Crippen molar-refractivity contribution in [2.24, 2.45) is 5.73 Å². The second kappa shape index (κ2) is 6.80. The van der Waals surface area contributed by atoms with Gasteiger partial charge in [-0.15, -0.1) is 0 Å². The molecule has 7 heteroatoms. The lowest BCUT2D eigenvalue weighted by Crippen LogP contribution is -2.42. The molecule has 23 heavy (non-hydrogen) atoms. The van der Waals surface area contributed by atoms with Crippen LogP contribution in [0.1, 0.15) is 0 Å². The number of aliphatic hydroxyl groups is 1. The fraction of sp³-hybridized carbons (Fsp3) is 0.188. The number of sulfonamides is 1. The van der Waals surface area contributed by atoms with E-state index in [0.29, 0.717) is 5.69 Å². The lowest BCUT2D eigenvalue weighted by atomic mass is 10.1.